The minimum Gasteiger partial charge on any atom is -0.315 e. The van der Waals surface area contributed by atoms with Crippen LogP contribution < -0.4 is 10.6 Å². The summed E-state index contributed by atoms with van der Waals surface area (Å²) >= 11 is 0. The van der Waals surface area contributed by atoms with Crippen molar-refractivity contribution >= 4 is 0 Å². The van der Waals surface area contributed by atoms with Crippen LogP contribution in [0.1, 0.15) is 6.42 Å². The molecule has 0 aromatic rings. The topological polar surface area (TPSA) is 24.1 Å². The lowest BCUT2D eigenvalue weighted by Crippen LogP contribution is -2.40. The van der Waals surface area contributed by atoms with E-state index in [0.717, 1.165) is 12.0 Å². The summed E-state index contributed by atoms with van der Waals surface area (Å²) in [5.41, 5.74) is 0. The van der Waals surface area contributed by atoms with Crippen LogP contribution in [-0.2, 0) is 0 Å². The molecule has 2 heteroatoms. The summed E-state index contributed by atoms with van der Waals surface area (Å²) in [5.74, 6) is 0.818. The Kier molecular flexibility index (Phi) is 1.44. The van der Waals surface area contributed by atoms with Gasteiger partial charge in [-0.05, 0) is 31.8 Å². The monoisotopic (exact) mass is 125 g/mol. The number of fused-ring (bicyclic) bond motifs is 1. The largest absolute Gasteiger partial charge is 0.315 e. The molecule has 2 aliphatic rings. The van der Waals surface area contributed by atoms with Crippen molar-refractivity contribution in [3.05, 3.63) is 6.42 Å². The maximum atomic E-state index is 3.49. The third-order valence-electron chi connectivity index (χ3n) is 2.28. The molecule has 2 saturated heterocycles. The number of hydrogen-bond acceptors (Lipinski definition) is 2. The average molecular weight is 125 g/mol. The quantitative estimate of drug-likeness (QED) is 0.467. The van der Waals surface area contributed by atoms with Crippen molar-refractivity contribution in [1.29, 1.82) is 0 Å². The van der Waals surface area contributed by atoms with Gasteiger partial charge in [0.2, 0.25) is 0 Å². The third-order valence-corrected chi connectivity index (χ3v) is 2.28. The number of nitrogens with one attached hydrogen (secondary N) is 2. The van der Waals surface area contributed by atoms with Gasteiger partial charge in [0.1, 0.15) is 0 Å². The Morgan fingerprint density at radius 3 is 3.22 bits per heavy atom. The Morgan fingerprint density at radius 1 is 1.33 bits per heavy atom. The minimum atomic E-state index is 0.749. The average Bonchev–Trinajstić information content (AvgIpc) is 2.33. The van der Waals surface area contributed by atoms with Gasteiger partial charge in [-0.2, -0.15) is 0 Å². The van der Waals surface area contributed by atoms with E-state index in [9.17, 15) is 0 Å². The van der Waals surface area contributed by atoms with Crippen molar-refractivity contribution in [2.24, 2.45) is 5.92 Å². The van der Waals surface area contributed by atoms with Gasteiger partial charge < -0.3 is 10.6 Å². The normalized spacial score (nSPS) is 42.7. The molecule has 0 aliphatic carbocycles. The summed E-state index contributed by atoms with van der Waals surface area (Å²) in [6, 6.07) is 0.749. The first kappa shape index (κ1) is 5.69. The first-order valence-electron chi connectivity index (χ1n) is 3.74. The molecule has 2 N–H and O–H groups in total. The Balaban J connectivity index is 1.97. The van der Waals surface area contributed by atoms with Gasteiger partial charge in [-0.1, -0.05) is 0 Å². The van der Waals surface area contributed by atoms with Crippen LogP contribution in [0.3, 0.4) is 0 Å². The molecule has 2 aliphatic heterocycles. The maximum Gasteiger partial charge on any atom is 0.0235 e. The first-order valence-corrected chi connectivity index (χ1v) is 3.74. The van der Waals surface area contributed by atoms with Crippen molar-refractivity contribution in [3.63, 3.8) is 0 Å². The van der Waals surface area contributed by atoms with Crippen molar-refractivity contribution < 1.29 is 0 Å². The van der Waals surface area contributed by atoms with E-state index in [-0.39, 0.29) is 0 Å². The van der Waals surface area contributed by atoms with Crippen LogP contribution in [0.4, 0.5) is 0 Å². The van der Waals surface area contributed by atoms with Gasteiger partial charge in [-0.25, -0.2) is 0 Å². The summed E-state index contributed by atoms with van der Waals surface area (Å²) in [6.07, 6.45) is 3.70. The fraction of sp³-hybridized carbons (Fsp3) is 0.857. The molecule has 0 saturated carbocycles. The van der Waals surface area contributed by atoms with Gasteiger partial charge >= 0.3 is 0 Å². The fourth-order valence-corrected chi connectivity index (χ4v) is 1.74. The molecule has 2 heterocycles. The molecule has 0 amide bonds. The van der Waals surface area contributed by atoms with E-state index in [1.807, 2.05) is 0 Å². The Bertz CT molecular complexity index is 91.1. The summed E-state index contributed by atoms with van der Waals surface area (Å²) in [4.78, 5) is 0. The number of rotatable bonds is 0. The van der Waals surface area contributed by atoms with Crippen molar-refractivity contribution in [2.75, 3.05) is 19.6 Å². The highest BCUT2D eigenvalue weighted by Crippen LogP contribution is 2.17. The van der Waals surface area contributed by atoms with Gasteiger partial charge in [0.15, 0.2) is 0 Å². The van der Waals surface area contributed by atoms with E-state index < -0.39 is 0 Å². The summed E-state index contributed by atoms with van der Waals surface area (Å²) < 4.78 is 0. The van der Waals surface area contributed by atoms with Gasteiger partial charge in [-0.3, -0.25) is 0 Å². The second kappa shape index (κ2) is 2.27. The van der Waals surface area contributed by atoms with E-state index >= 15 is 0 Å². The molecule has 51 valence electrons. The highest BCUT2D eigenvalue weighted by atomic mass is 15.0. The summed E-state index contributed by atoms with van der Waals surface area (Å²) in [7, 11) is 0. The van der Waals surface area contributed by atoms with E-state index in [1.54, 1.807) is 0 Å². The highest BCUT2D eigenvalue weighted by Gasteiger charge is 2.28. The zero-order chi connectivity index (χ0) is 6.10. The lowest BCUT2D eigenvalue weighted by molar-refractivity contribution is 0.412. The maximum absolute atomic E-state index is 3.49. The molecule has 1 radical (unpaired) electrons. The van der Waals surface area contributed by atoms with Gasteiger partial charge in [0, 0.05) is 12.6 Å². The predicted molar refractivity (Wildman–Crippen MR) is 37.1 cm³/mol. The van der Waals surface area contributed by atoms with Crippen LogP contribution in [-0.4, -0.2) is 25.7 Å². The molecule has 0 aromatic heterocycles. The SMILES string of the molecule is [CH]1CCNC2CNCC12. The van der Waals surface area contributed by atoms with Crippen molar-refractivity contribution in [3.8, 4) is 0 Å². The van der Waals surface area contributed by atoms with Crippen LogP contribution in [0, 0.1) is 12.3 Å². The van der Waals surface area contributed by atoms with Gasteiger partial charge in [-0.15, -0.1) is 0 Å². The second-order valence-corrected chi connectivity index (χ2v) is 2.91. The molecule has 2 fully saturated rings. The molecule has 2 rings (SSSR count). The van der Waals surface area contributed by atoms with Crippen LogP contribution in [0.2, 0.25) is 0 Å². The van der Waals surface area contributed by atoms with E-state index in [2.05, 4.69) is 17.1 Å². The smallest absolute Gasteiger partial charge is 0.0235 e. The molecular weight excluding hydrogens is 112 g/mol. The van der Waals surface area contributed by atoms with E-state index in [0.29, 0.717) is 0 Å². The molecule has 0 spiro atoms. The standard InChI is InChI=1S/C7H13N2/c1-2-6-4-8-5-7(6)9-3-1/h2,6-9H,1,3-5H2. The molecule has 2 unspecified atom stereocenters. The molecule has 0 aromatic carbocycles. The van der Waals surface area contributed by atoms with Crippen LogP contribution in [0.25, 0.3) is 0 Å². The molecule has 2 nitrogen and oxygen atoms in total. The second-order valence-electron chi connectivity index (χ2n) is 2.91. The first-order chi connectivity index (χ1) is 4.47. The molecule has 2 atom stereocenters. The van der Waals surface area contributed by atoms with Crippen LogP contribution >= 0.6 is 0 Å². The zero-order valence-corrected chi connectivity index (χ0v) is 5.56. The van der Waals surface area contributed by atoms with Gasteiger partial charge in [0.05, 0.1) is 0 Å². The van der Waals surface area contributed by atoms with E-state index in [4.69, 9.17) is 0 Å². The minimum absolute atomic E-state index is 0.749. The highest BCUT2D eigenvalue weighted by molar-refractivity contribution is 4.98. The van der Waals surface area contributed by atoms with Gasteiger partial charge in [0.25, 0.3) is 0 Å². The number of piperidine rings is 1. The molecule has 0 bridgehead atoms. The Labute approximate surface area is 56.0 Å². The van der Waals surface area contributed by atoms with Crippen LogP contribution in [0.15, 0.2) is 0 Å². The lowest BCUT2D eigenvalue weighted by atomic mass is 9.94. The third kappa shape index (κ3) is 0.970. The van der Waals surface area contributed by atoms with E-state index in [1.165, 1.54) is 26.1 Å². The fourth-order valence-electron chi connectivity index (χ4n) is 1.74. The lowest BCUT2D eigenvalue weighted by Gasteiger charge is -2.24. The zero-order valence-electron chi connectivity index (χ0n) is 5.56. The summed E-state index contributed by atoms with van der Waals surface area (Å²) in [5, 5.41) is 6.86. The van der Waals surface area contributed by atoms with Crippen molar-refractivity contribution in [2.45, 2.75) is 12.5 Å². The summed E-state index contributed by atoms with van der Waals surface area (Å²) in [6.45, 7) is 3.54. The van der Waals surface area contributed by atoms with Crippen molar-refractivity contribution in [1.82, 2.24) is 10.6 Å². The molecule has 9 heavy (non-hydrogen) atoms. The molecular formula is C7H13N2. The predicted octanol–water partition coefficient (Wildman–Crippen LogP) is -0.228. The Hall–Kier alpha value is -0.0800. The number of hydrogen-bond donors (Lipinski definition) is 2. The van der Waals surface area contributed by atoms with Crippen LogP contribution in [0.5, 0.6) is 0 Å². The Morgan fingerprint density at radius 2 is 2.33 bits per heavy atom.